The average Bonchev–Trinajstić information content (AvgIpc) is 3.24. The molecule has 200 valence electrons. The topological polar surface area (TPSA) is 75.6 Å². The lowest BCUT2D eigenvalue weighted by Gasteiger charge is -2.56. The van der Waals surface area contributed by atoms with Crippen molar-refractivity contribution < 1.29 is 30.9 Å². The van der Waals surface area contributed by atoms with E-state index in [4.69, 9.17) is 4.18 Å². The summed E-state index contributed by atoms with van der Waals surface area (Å²) in [5, 5.41) is 9.31. The van der Waals surface area contributed by atoms with Crippen LogP contribution in [-0.4, -0.2) is 26.2 Å². The summed E-state index contributed by atoms with van der Waals surface area (Å²) in [5.41, 5.74) is 3.37. The molecule has 0 aromatic heterocycles. The van der Waals surface area contributed by atoms with Crippen LogP contribution in [0.25, 0.3) is 0 Å². The standard InChI is InChI=1S/C27H36F3NO4S/c1-3-27-15-11-18-17-19(9-10-20(18)21(27)12-14-26(2)13-6-8-23(26)27)31-36(33,34)35-16-5-4-7-22(32)24(28)25(29)30/h3,9-10,17,21-23,31-32H,1,4-8,11-16H2,2H3/t21-,22-,23-,26+,27-/m1/s1. The van der Waals surface area contributed by atoms with E-state index >= 15 is 0 Å². The molecule has 0 unspecified atom stereocenters. The summed E-state index contributed by atoms with van der Waals surface area (Å²) in [6.45, 7) is 6.52. The minimum atomic E-state index is -4.08. The number of nitrogens with one attached hydrogen (secondary N) is 1. The van der Waals surface area contributed by atoms with Crippen LogP contribution in [0.4, 0.5) is 18.9 Å². The molecule has 2 fully saturated rings. The van der Waals surface area contributed by atoms with Gasteiger partial charge in [0.25, 0.3) is 0 Å². The Kier molecular flexibility index (Phi) is 7.93. The van der Waals surface area contributed by atoms with Crippen LogP contribution in [0.3, 0.4) is 0 Å². The Labute approximate surface area is 212 Å². The molecule has 1 aromatic rings. The lowest BCUT2D eigenvalue weighted by Crippen LogP contribution is -2.47. The highest BCUT2D eigenvalue weighted by atomic mass is 32.2. The molecule has 0 saturated heterocycles. The number of halogens is 3. The highest BCUT2D eigenvalue weighted by Gasteiger charge is 2.57. The van der Waals surface area contributed by atoms with E-state index in [-0.39, 0.29) is 31.3 Å². The van der Waals surface area contributed by atoms with E-state index in [1.165, 1.54) is 31.2 Å². The number of anilines is 1. The molecule has 3 aliphatic carbocycles. The highest BCUT2D eigenvalue weighted by molar-refractivity contribution is 7.88. The number of allylic oxidation sites excluding steroid dienone is 1. The maximum absolute atomic E-state index is 12.9. The van der Waals surface area contributed by atoms with Gasteiger partial charge in [-0.05, 0) is 104 Å². The molecule has 0 spiro atoms. The van der Waals surface area contributed by atoms with Gasteiger partial charge in [0.15, 0.2) is 5.83 Å². The number of hydrogen-bond acceptors (Lipinski definition) is 4. The van der Waals surface area contributed by atoms with E-state index in [9.17, 15) is 26.7 Å². The monoisotopic (exact) mass is 527 g/mol. The van der Waals surface area contributed by atoms with Gasteiger partial charge in [-0.1, -0.05) is 25.5 Å². The summed E-state index contributed by atoms with van der Waals surface area (Å²) >= 11 is 0. The molecule has 0 heterocycles. The van der Waals surface area contributed by atoms with Crippen molar-refractivity contribution in [2.75, 3.05) is 11.3 Å². The van der Waals surface area contributed by atoms with Crippen LogP contribution in [0.2, 0.25) is 0 Å². The van der Waals surface area contributed by atoms with Crippen molar-refractivity contribution in [2.45, 2.75) is 83.2 Å². The third-order valence-electron chi connectivity index (χ3n) is 8.94. The number of aryl methyl sites for hydroxylation is 1. The van der Waals surface area contributed by atoms with Crippen LogP contribution < -0.4 is 4.72 Å². The zero-order valence-electron chi connectivity index (χ0n) is 20.7. The molecular formula is C27H36F3NO4S. The minimum Gasteiger partial charge on any atom is -0.386 e. The number of rotatable bonds is 10. The molecule has 2 N–H and O–H groups in total. The Hall–Kier alpha value is -1.84. The van der Waals surface area contributed by atoms with E-state index in [2.05, 4.69) is 24.3 Å². The van der Waals surface area contributed by atoms with Gasteiger partial charge in [0.05, 0.1) is 12.3 Å². The van der Waals surface area contributed by atoms with Crippen LogP contribution >= 0.6 is 0 Å². The number of benzene rings is 1. The Morgan fingerprint density at radius 3 is 2.75 bits per heavy atom. The van der Waals surface area contributed by atoms with E-state index in [1.807, 2.05) is 12.1 Å². The molecule has 0 aliphatic heterocycles. The van der Waals surface area contributed by atoms with Gasteiger partial charge in [-0.15, -0.1) is 6.58 Å². The van der Waals surface area contributed by atoms with E-state index in [0.717, 1.165) is 24.8 Å². The van der Waals surface area contributed by atoms with Crippen molar-refractivity contribution in [1.29, 1.82) is 0 Å². The molecule has 5 nitrogen and oxygen atoms in total. The summed E-state index contributed by atoms with van der Waals surface area (Å²) in [5.74, 6) is -0.809. The SMILES string of the molecule is C=C[C@@]12CCc3cc(NS(=O)(=O)OCCCC[C@@H](O)C(F)=C(F)F)ccc3[C@H]1CC[C@]1(C)CCC[C@H]12. The summed E-state index contributed by atoms with van der Waals surface area (Å²) < 4.78 is 69.4. The number of aliphatic hydroxyl groups excluding tert-OH is 1. The van der Waals surface area contributed by atoms with Crippen molar-refractivity contribution in [1.82, 2.24) is 0 Å². The van der Waals surface area contributed by atoms with Gasteiger partial charge in [0.1, 0.15) is 6.10 Å². The Balaban J connectivity index is 1.36. The van der Waals surface area contributed by atoms with Crippen LogP contribution in [-0.2, 0) is 20.9 Å². The molecule has 0 bridgehead atoms. The van der Waals surface area contributed by atoms with Gasteiger partial charge in [-0.3, -0.25) is 8.91 Å². The van der Waals surface area contributed by atoms with E-state index < -0.39 is 28.3 Å². The second-order valence-corrected chi connectivity index (χ2v) is 12.3. The molecule has 5 atom stereocenters. The maximum atomic E-state index is 12.9. The fourth-order valence-corrected chi connectivity index (χ4v) is 8.04. The van der Waals surface area contributed by atoms with Crippen LogP contribution in [0.15, 0.2) is 42.8 Å². The van der Waals surface area contributed by atoms with Crippen molar-refractivity contribution in [2.24, 2.45) is 16.7 Å². The lowest BCUT2D eigenvalue weighted by molar-refractivity contribution is 0.00462. The van der Waals surface area contributed by atoms with Gasteiger partial charge in [-0.25, -0.2) is 4.39 Å². The zero-order chi connectivity index (χ0) is 26.1. The van der Waals surface area contributed by atoms with Gasteiger partial charge in [0, 0.05) is 0 Å². The summed E-state index contributed by atoms with van der Waals surface area (Å²) in [6.07, 6.45) is 5.85. The first kappa shape index (κ1) is 27.2. The molecule has 4 rings (SSSR count). The fourth-order valence-electron chi connectivity index (χ4n) is 7.23. The maximum Gasteiger partial charge on any atom is 0.359 e. The van der Waals surface area contributed by atoms with Crippen molar-refractivity contribution in [3.05, 3.63) is 53.9 Å². The molecule has 3 aliphatic rings. The molecule has 0 amide bonds. The first-order valence-electron chi connectivity index (χ1n) is 12.8. The van der Waals surface area contributed by atoms with E-state index in [1.54, 1.807) is 6.07 Å². The molecule has 0 radical (unpaired) electrons. The van der Waals surface area contributed by atoms with E-state index in [0.29, 0.717) is 22.9 Å². The quantitative estimate of drug-likeness (QED) is 0.260. The zero-order valence-corrected chi connectivity index (χ0v) is 21.6. The molecular weight excluding hydrogens is 491 g/mol. The van der Waals surface area contributed by atoms with Gasteiger partial charge >= 0.3 is 16.4 Å². The average molecular weight is 528 g/mol. The lowest BCUT2D eigenvalue weighted by atomic mass is 9.47. The number of aliphatic hydroxyl groups is 1. The second kappa shape index (κ2) is 10.5. The first-order chi connectivity index (χ1) is 17.0. The molecule has 36 heavy (non-hydrogen) atoms. The van der Waals surface area contributed by atoms with Gasteiger partial charge < -0.3 is 5.11 Å². The highest BCUT2D eigenvalue weighted by Crippen LogP contribution is 2.67. The Morgan fingerprint density at radius 2 is 2.03 bits per heavy atom. The minimum absolute atomic E-state index is 0.100. The summed E-state index contributed by atoms with van der Waals surface area (Å²) in [6, 6.07) is 5.71. The second-order valence-electron chi connectivity index (χ2n) is 10.9. The smallest absolute Gasteiger partial charge is 0.359 e. The Morgan fingerprint density at radius 1 is 1.25 bits per heavy atom. The van der Waals surface area contributed by atoms with Crippen LogP contribution in [0.5, 0.6) is 0 Å². The molecule has 9 heteroatoms. The van der Waals surface area contributed by atoms with Gasteiger partial charge in [0.2, 0.25) is 0 Å². The largest absolute Gasteiger partial charge is 0.386 e. The first-order valence-corrected chi connectivity index (χ1v) is 14.2. The van der Waals surface area contributed by atoms with Crippen molar-refractivity contribution in [3.63, 3.8) is 0 Å². The predicted octanol–water partition coefficient (Wildman–Crippen LogP) is 6.77. The van der Waals surface area contributed by atoms with Crippen molar-refractivity contribution >= 4 is 16.0 Å². The van der Waals surface area contributed by atoms with Crippen LogP contribution in [0.1, 0.15) is 81.8 Å². The fraction of sp³-hybridized carbons (Fsp3) is 0.630. The molecule has 2 saturated carbocycles. The van der Waals surface area contributed by atoms with Crippen molar-refractivity contribution in [3.8, 4) is 0 Å². The third kappa shape index (κ3) is 5.24. The summed E-state index contributed by atoms with van der Waals surface area (Å²) in [4.78, 5) is 0. The number of fused-ring (bicyclic) bond motifs is 5. The van der Waals surface area contributed by atoms with Gasteiger partial charge in [-0.2, -0.15) is 17.2 Å². The third-order valence-corrected chi connectivity index (χ3v) is 9.90. The number of hydrogen-bond donors (Lipinski definition) is 2. The normalized spacial score (nSPS) is 30.0. The molecule has 1 aromatic carbocycles. The van der Waals surface area contributed by atoms with Crippen LogP contribution in [0, 0.1) is 16.7 Å². The summed E-state index contributed by atoms with van der Waals surface area (Å²) in [7, 11) is -4.08. The Bertz CT molecular complexity index is 1120. The number of unbranched alkanes of at least 4 members (excludes halogenated alkanes) is 1. The predicted molar refractivity (Wildman–Crippen MR) is 134 cm³/mol.